The molecule has 0 aliphatic rings. The Morgan fingerprint density at radius 2 is 2.11 bits per heavy atom. The molecule has 0 aromatic heterocycles. The molecule has 0 aliphatic heterocycles. The van der Waals surface area contributed by atoms with Crippen LogP contribution in [-0.4, -0.2) is 23.1 Å². The molecule has 0 nitrogen and oxygen atoms in total. The van der Waals surface area contributed by atoms with E-state index < -0.39 is 0 Å². The van der Waals surface area contributed by atoms with Crippen molar-refractivity contribution in [2.75, 3.05) is 0 Å². The van der Waals surface area contributed by atoms with Gasteiger partial charge in [-0.05, 0) is 5.92 Å². The van der Waals surface area contributed by atoms with Gasteiger partial charge in [0.15, 0.2) is 0 Å². The zero-order chi connectivity index (χ0) is 5.70. The second kappa shape index (κ2) is 11.7. The van der Waals surface area contributed by atoms with Crippen LogP contribution in [0.4, 0.5) is 0 Å². The van der Waals surface area contributed by atoms with E-state index in [2.05, 4.69) is 20.4 Å². The predicted molar refractivity (Wildman–Crippen MR) is 39.7 cm³/mol. The Hall–Kier alpha value is 0.986. The summed E-state index contributed by atoms with van der Waals surface area (Å²) in [5, 5.41) is 0. The van der Waals surface area contributed by atoms with Crippen molar-refractivity contribution in [3.05, 3.63) is 19.6 Å². The van der Waals surface area contributed by atoms with Gasteiger partial charge in [-0.1, -0.05) is 19.4 Å². The van der Waals surface area contributed by atoms with Crippen molar-refractivity contribution in [2.24, 2.45) is 5.92 Å². The van der Waals surface area contributed by atoms with Crippen molar-refractivity contribution in [1.82, 2.24) is 0 Å². The second-order valence-corrected chi connectivity index (χ2v) is 1.86. The van der Waals surface area contributed by atoms with Gasteiger partial charge < -0.3 is 23.9 Å². The molecule has 0 aliphatic carbocycles. The SMILES string of the molecule is C=C[C@@H](C)CC[CH2-].[Br-].[Mg+2]. The summed E-state index contributed by atoms with van der Waals surface area (Å²) in [5.41, 5.74) is 0. The van der Waals surface area contributed by atoms with Crippen LogP contribution in [0, 0.1) is 12.8 Å². The normalized spacial score (nSPS) is 10.4. The maximum atomic E-state index is 3.73. The molecule has 0 bridgehead atoms. The molecule has 0 aromatic carbocycles. The smallest absolute Gasteiger partial charge is 1.00 e. The van der Waals surface area contributed by atoms with E-state index in [0.29, 0.717) is 5.92 Å². The molecule has 1 atom stereocenters. The van der Waals surface area contributed by atoms with Crippen molar-refractivity contribution in [1.29, 1.82) is 0 Å². The molecule has 9 heavy (non-hydrogen) atoms. The Balaban J connectivity index is -0.000000180. The van der Waals surface area contributed by atoms with Crippen LogP contribution in [0.3, 0.4) is 0 Å². The number of allylic oxidation sites excluding steroid dienone is 1. The summed E-state index contributed by atoms with van der Waals surface area (Å²) >= 11 is 0. The van der Waals surface area contributed by atoms with E-state index in [1.54, 1.807) is 0 Å². The molecule has 0 unspecified atom stereocenters. The van der Waals surface area contributed by atoms with Crippen LogP contribution in [0.15, 0.2) is 12.7 Å². The molecule has 0 spiro atoms. The molecule has 2 heteroatoms. The third kappa shape index (κ3) is 12.2. The van der Waals surface area contributed by atoms with Crippen LogP contribution >= 0.6 is 0 Å². The van der Waals surface area contributed by atoms with Gasteiger partial charge in [0, 0.05) is 0 Å². The molecule has 0 amide bonds. The number of hydrogen-bond donors (Lipinski definition) is 0. The van der Waals surface area contributed by atoms with Crippen LogP contribution in [-0.2, 0) is 0 Å². The molecule has 0 saturated carbocycles. The summed E-state index contributed by atoms with van der Waals surface area (Å²) in [6.45, 7) is 9.53. The first-order valence-corrected chi connectivity index (χ1v) is 2.73. The zero-order valence-corrected chi connectivity index (χ0v) is 9.07. The Morgan fingerprint density at radius 3 is 2.22 bits per heavy atom. The zero-order valence-electron chi connectivity index (χ0n) is 6.07. The average molecular weight is 201 g/mol. The Kier molecular flexibility index (Phi) is 21.6. The molecule has 0 fully saturated rings. The van der Waals surface area contributed by atoms with E-state index in [9.17, 15) is 0 Å². The molecular weight excluding hydrogens is 188 g/mol. The van der Waals surface area contributed by atoms with Crippen molar-refractivity contribution in [3.8, 4) is 0 Å². The van der Waals surface area contributed by atoms with Crippen molar-refractivity contribution < 1.29 is 17.0 Å². The van der Waals surface area contributed by atoms with Gasteiger partial charge in [-0.2, -0.15) is 6.42 Å². The molecule has 50 valence electrons. The Labute approximate surface area is 85.0 Å². The minimum absolute atomic E-state index is 0. The number of halogens is 1. The first kappa shape index (κ1) is 16.5. The monoisotopic (exact) mass is 200 g/mol. The maximum Gasteiger partial charge on any atom is 2.00 e. The second-order valence-electron chi connectivity index (χ2n) is 1.86. The van der Waals surface area contributed by atoms with Gasteiger partial charge in [0.1, 0.15) is 0 Å². The predicted octanol–water partition coefficient (Wildman–Crippen LogP) is -0.954. The van der Waals surface area contributed by atoms with Crippen molar-refractivity contribution in [2.45, 2.75) is 19.8 Å². The quantitative estimate of drug-likeness (QED) is 0.314. The molecule has 0 heterocycles. The van der Waals surface area contributed by atoms with Gasteiger partial charge in [0.2, 0.25) is 0 Å². The van der Waals surface area contributed by atoms with Crippen molar-refractivity contribution >= 4 is 23.1 Å². The third-order valence-corrected chi connectivity index (χ3v) is 1.06. The van der Waals surface area contributed by atoms with Crippen LogP contribution < -0.4 is 17.0 Å². The van der Waals surface area contributed by atoms with Gasteiger partial charge in [-0.3, -0.25) is 0 Å². The fourth-order valence-corrected chi connectivity index (χ4v) is 0.440. The minimum Gasteiger partial charge on any atom is -1.00 e. The minimum atomic E-state index is 0. The van der Waals surface area contributed by atoms with Gasteiger partial charge >= 0.3 is 23.1 Å². The molecular formula is C7H13BrMg. The standard InChI is InChI=1S/C7H13.BrH.Mg/c1-4-6-7(3)5-2;;/h5,7H,1-2,4,6H2,3H3;1H;/q-1;;+2/p-1/t7-;;/m1../s1. The summed E-state index contributed by atoms with van der Waals surface area (Å²) in [6.07, 6.45) is 4.15. The maximum absolute atomic E-state index is 3.73. The fourth-order valence-electron chi connectivity index (χ4n) is 0.440. The van der Waals surface area contributed by atoms with E-state index in [4.69, 9.17) is 0 Å². The molecule has 0 saturated heterocycles. The Bertz CT molecular complexity index is 54.9. The van der Waals surface area contributed by atoms with Crippen molar-refractivity contribution in [3.63, 3.8) is 0 Å². The van der Waals surface area contributed by atoms with Crippen LogP contribution in [0.25, 0.3) is 0 Å². The van der Waals surface area contributed by atoms with Gasteiger partial charge in [0.25, 0.3) is 0 Å². The summed E-state index contributed by atoms with van der Waals surface area (Å²) in [7, 11) is 0. The van der Waals surface area contributed by atoms with E-state index in [0.717, 1.165) is 6.42 Å². The van der Waals surface area contributed by atoms with E-state index in [1.807, 2.05) is 6.08 Å². The van der Waals surface area contributed by atoms with Crippen LogP contribution in [0.5, 0.6) is 0 Å². The number of rotatable bonds is 3. The van der Waals surface area contributed by atoms with Gasteiger partial charge in [0.05, 0.1) is 0 Å². The van der Waals surface area contributed by atoms with E-state index >= 15 is 0 Å². The number of hydrogen-bond acceptors (Lipinski definition) is 0. The molecule has 0 aromatic rings. The summed E-state index contributed by atoms with van der Waals surface area (Å²) in [5.74, 6) is 0.650. The molecule has 0 N–H and O–H groups in total. The van der Waals surface area contributed by atoms with Gasteiger partial charge in [-0.25, -0.2) is 0 Å². The summed E-state index contributed by atoms with van der Waals surface area (Å²) in [6, 6.07) is 0. The average Bonchev–Trinajstić information content (AvgIpc) is 1.68. The third-order valence-electron chi connectivity index (χ3n) is 1.06. The van der Waals surface area contributed by atoms with Crippen LogP contribution in [0.2, 0.25) is 0 Å². The van der Waals surface area contributed by atoms with E-state index in [1.165, 1.54) is 6.42 Å². The molecule has 0 rings (SSSR count). The topological polar surface area (TPSA) is 0 Å². The van der Waals surface area contributed by atoms with E-state index in [-0.39, 0.29) is 40.0 Å². The summed E-state index contributed by atoms with van der Waals surface area (Å²) in [4.78, 5) is 0. The first-order chi connectivity index (χ1) is 3.31. The van der Waals surface area contributed by atoms with Gasteiger partial charge in [-0.15, -0.1) is 6.58 Å². The largest absolute Gasteiger partial charge is 2.00 e. The fraction of sp³-hybridized carbons (Fsp3) is 0.571. The summed E-state index contributed by atoms with van der Waals surface area (Å²) < 4.78 is 0. The first-order valence-electron chi connectivity index (χ1n) is 2.73. The Morgan fingerprint density at radius 1 is 1.67 bits per heavy atom. The molecule has 0 radical (unpaired) electrons. The van der Waals surface area contributed by atoms with Crippen LogP contribution in [0.1, 0.15) is 19.8 Å².